The first-order valence-corrected chi connectivity index (χ1v) is 4.93. The van der Waals surface area contributed by atoms with Crippen LogP contribution in [0.15, 0.2) is 36.8 Å². The number of halogens is 3. The van der Waals surface area contributed by atoms with Gasteiger partial charge in [-0.1, -0.05) is 29.8 Å². The van der Waals surface area contributed by atoms with E-state index in [4.69, 9.17) is 0 Å². The molecule has 2 rings (SSSR count). The molecule has 0 N–H and O–H groups in total. The van der Waals surface area contributed by atoms with Crippen molar-refractivity contribution in [2.45, 2.75) is 13.1 Å². The van der Waals surface area contributed by atoms with Crippen LogP contribution in [-0.2, 0) is 6.18 Å². The molecule has 5 heteroatoms. The van der Waals surface area contributed by atoms with E-state index < -0.39 is 11.9 Å². The van der Waals surface area contributed by atoms with Crippen molar-refractivity contribution in [1.82, 2.24) is 9.97 Å². The van der Waals surface area contributed by atoms with Gasteiger partial charge >= 0.3 is 6.18 Å². The molecule has 1 heterocycles. The minimum atomic E-state index is -4.47. The number of aryl methyl sites for hydroxylation is 1. The molecule has 0 radical (unpaired) electrons. The molecule has 0 atom stereocenters. The zero-order valence-corrected chi connectivity index (χ0v) is 8.99. The molecular weight excluding hydrogens is 229 g/mol. The molecule has 0 aliphatic carbocycles. The Balaban J connectivity index is 2.56. The molecule has 88 valence electrons. The predicted molar refractivity (Wildman–Crippen MR) is 57.2 cm³/mol. The number of aromatic nitrogens is 2. The summed E-state index contributed by atoms with van der Waals surface area (Å²) in [5.41, 5.74) is 0.541. The van der Waals surface area contributed by atoms with Crippen LogP contribution < -0.4 is 0 Å². The molecule has 17 heavy (non-hydrogen) atoms. The molecule has 2 aromatic rings. The van der Waals surface area contributed by atoms with Gasteiger partial charge in [-0.3, -0.25) is 0 Å². The highest BCUT2D eigenvalue weighted by Crippen LogP contribution is 2.34. The summed E-state index contributed by atoms with van der Waals surface area (Å²) in [5.74, 6) is 0. The average molecular weight is 238 g/mol. The van der Waals surface area contributed by atoms with Gasteiger partial charge in [-0.25, -0.2) is 9.97 Å². The van der Waals surface area contributed by atoms with Gasteiger partial charge in [0.05, 0.1) is 0 Å². The van der Waals surface area contributed by atoms with Gasteiger partial charge in [0.1, 0.15) is 6.33 Å². The third-order valence-corrected chi connectivity index (χ3v) is 2.34. The molecule has 0 amide bonds. The highest BCUT2D eigenvalue weighted by atomic mass is 19.4. The van der Waals surface area contributed by atoms with E-state index in [0.717, 1.165) is 11.9 Å². The Morgan fingerprint density at radius 2 is 1.71 bits per heavy atom. The van der Waals surface area contributed by atoms with Crippen LogP contribution in [0.5, 0.6) is 0 Å². The number of benzene rings is 1. The quantitative estimate of drug-likeness (QED) is 0.760. The summed E-state index contributed by atoms with van der Waals surface area (Å²) in [4.78, 5) is 6.96. The molecule has 1 aromatic heterocycles. The van der Waals surface area contributed by atoms with E-state index in [-0.39, 0.29) is 5.56 Å². The third kappa shape index (κ3) is 2.43. The Kier molecular flexibility index (Phi) is 2.83. The average Bonchev–Trinajstić information content (AvgIpc) is 2.29. The Bertz CT molecular complexity index is 518. The minimum absolute atomic E-state index is 0.000000000000000444. The first-order valence-electron chi connectivity index (χ1n) is 4.93. The summed E-state index contributed by atoms with van der Waals surface area (Å²) < 4.78 is 38.2. The zero-order chi connectivity index (χ0) is 12.5. The lowest BCUT2D eigenvalue weighted by atomic mass is 10.0. The maximum Gasteiger partial charge on any atom is 0.434 e. The smallest absolute Gasteiger partial charge is 0.244 e. The van der Waals surface area contributed by atoms with Crippen molar-refractivity contribution in [3.8, 4) is 11.1 Å². The second-order valence-electron chi connectivity index (χ2n) is 3.65. The van der Waals surface area contributed by atoms with E-state index in [1.165, 1.54) is 6.20 Å². The molecule has 0 saturated carbocycles. The topological polar surface area (TPSA) is 25.8 Å². The normalized spacial score (nSPS) is 11.5. The van der Waals surface area contributed by atoms with E-state index in [1.54, 1.807) is 24.3 Å². The Labute approximate surface area is 96.2 Å². The molecule has 0 bridgehead atoms. The van der Waals surface area contributed by atoms with Crippen LogP contribution in [0.25, 0.3) is 11.1 Å². The van der Waals surface area contributed by atoms with Crippen LogP contribution in [0, 0.1) is 6.92 Å². The summed E-state index contributed by atoms with van der Waals surface area (Å²) in [6, 6.07) is 6.76. The predicted octanol–water partition coefficient (Wildman–Crippen LogP) is 3.47. The van der Waals surface area contributed by atoms with Crippen molar-refractivity contribution in [3.05, 3.63) is 48.0 Å². The van der Waals surface area contributed by atoms with Crippen LogP contribution in [-0.4, -0.2) is 9.97 Å². The van der Waals surface area contributed by atoms with E-state index >= 15 is 0 Å². The molecule has 0 saturated heterocycles. The highest BCUT2D eigenvalue weighted by Gasteiger charge is 2.35. The molecule has 1 aromatic carbocycles. The lowest BCUT2D eigenvalue weighted by molar-refractivity contribution is -0.140. The molecule has 0 aliphatic heterocycles. The van der Waals surface area contributed by atoms with Gasteiger partial charge in [0.15, 0.2) is 5.69 Å². The van der Waals surface area contributed by atoms with E-state index in [9.17, 15) is 13.2 Å². The summed E-state index contributed by atoms with van der Waals surface area (Å²) >= 11 is 0. The highest BCUT2D eigenvalue weighted by molar-refractivity contribution is 5.65. The van der Waals surface area contributed by atoms with Crippen LogP contribution in [0.2, 0.25) is 0 Å². The molecule has 0 spiro atoms. The fourth-order valence-corrected chi connectivity index (χ4v) is 1.50. The Hall–Kier alpha value is -1.91. The van der Waals surface area contributed by atoms with Crippen LogP contribution in [0.3, 0.4) is 0 Å². The summed E-state index contributed by atoms with van der Waals surface area (Å²) in [6.45, 7) is 1.87. The maximum atomic E-state index is 12.7. The van der Waals surface area contributed by atoms with Gasteiger partial charge < -0.3 is 0 Å². The Morgan fingerprint density at radius 3 is 2.29 bits per heavy atom. The van der Waals surface area contributed by atoms with Crippen molar-refractivity contribution in [2.75, 3.05) is 0 Å². The van der Waals surface area contributed by atoms with E-state index in [2.05, 4.69) is 9.97 Å². The third-order valence-electron chi connectivity index (χ3n) is 2.34. The number of alkyl halides is 3. The van der Waals surface area contributed by atoms with Crippen molar-refractivity contribution in [3.63, 3.8) is 0 Å². The van der Waals surface area contributed by atoms with E-state index in [0.29, 0.717) is 5.56 Å². The van der Waals surface area contributed by atoms with Gasteiger partial charge in [0, 0.05) is 11.8 Å². The van der Waals surface area contributed by atoms with Crippen molar-refractivity contribution < 1.29 is 13.2 Å². The summed E-state index contributed by atoms with van der Waals surface area (Å²) in [6.07, 6.45) is -2.38. The van der Waals surface area contributed by atoms with Crippen molar-refractivity contribution in [1.29, 1.82) is 0 Å². The number of hydrogen-bond acceptors (Lipinski definition) is 2. The van der Waals surface area contributed by atoms with Gasteiger partial charge in [0.25, 0.3) is 0 Å². The summed E-state index contributed by atoms with van der Waals surface area (Å²) in [7, 11) is 0. The van der Waals surface area contributed by atoms with Gasteiger partial charge in [0.2, 0.25) is 0 Å². The SMILES string of the molecule is Cc1ccc(-c2cncnc2C(F)(F)F)cc1. The largest absolute Gasteiger partial charge is 0.434 e. The number of hydrogen-bond donors (Lipinski definition) is 0. The number of nitrogens with zero attached hydrogens (tertiary/aromatic N) is 2. The molecule has 0 aliphatic rings. The van der Waals surface area contributed by atoms with Crippen LogP contribution >= 0.6 is 0 Å². The van der Waals surface area contributed by atoms with Gasteiger partial charge in [-0.15, -0.1) is 0 Å². The second kappa shape index (κ2) is 4.16. The van der Waals surface area contributed by atoms with Crippen molar-refractivity contribution >= 4 is 0 Å². The maximum absolute atomic E-state index is 12.7. The van der Waals surface area contributed by atoms with Crippen molar-refractivity contribution in [2.24, 2.45) is 0 Å². The van der Waals surface area contributed by atoms with Gasteiger partial charge in [-0.05, 0) is 12.5 Å². The second-order valence-corrected chi connectivity index (χ2v) is 3.65. The van der Waals surface area contributed by atoms with E-state index in [1.807, 2.05) is 6.92 Å². The first-order chi connectivity index (χ1) is 7.98. The lowest BCUT2D eigenvalue weighted by Crippen LogP contribution is -2.10. The first kappa shape index (κ1) is 11.6. The Morgan fingerprint density at radius 1 is 1.06 bits per heavy atom. The fraction of sp³-hybridized carbons (Fsp3) is 0.167. The van der Waals surface area contributed by atoms with Gasteiger partial charge in [-0.2, -0.15) is 13.2 Å². The van der Waals surface area contributed by atoms with Crippen LogP contribution in [0.4, 0.5) is 13.2 Å². The minimum Gasteiger partial charge on any atom is -0.244 e. The molecule has 0 fully saturated rings. The van der Waals surface area contributed by atoms with Crippen LogP contribution in [0.1, 0.15) is 11.3 Å². The fourth-order valence-electron chi connectivity index (χ4n) is 1.50. The monoisotopic (exact) mass is 238 g/mol. The summed E-state index contributed by atoms with van der Waals surface area (Å²) in [5, 5.41) is 0. The lowest BCUT2D eigenvalue weighted by Gasteiger charge is -2.10. The standard InChI is InChI=1S/C12H9F3N2/c1-8-2-4-9(5-3-8)10-6-16-7-17-11(10)12(13,14)15/h2-7H,1H3. The molecule has 2 nitrogen and oxygen atoms in total. The number of rotatable bonds is 1. The molecular formula is C12H9F3N2. The zero-order valence-electron chi connectivity index (χ0n) is 8.99. The molecule has 0 unspecified atom stereocenters.